The zero-order valence-electron chi connectivity index (χ0n) is 36.2. The van der Waals surface area contributed by atoms with Crippen molar-refractivity contribution in [1.29, 1.82) is 0 Å². The van der Waals surface area contributed by atoms with Crippen LogP contribution in [0.2, 0.25) is 0 Å². The summed E-state index contributed by atoms with van der Waals surface area (Å²) in [6.07, 6.45) is -7.69. The molecule has 15 heteroatoms. The molecule has 0 spiro atoms. The van der Waals surface area contributed by atoms with Crippen LogP contribution in [0.5, 0.6) is 0 Å². The third-order valence-corrected chi connectivity index (χ3v) is 12.9. The van der Waals surface area contributed by atoms with Crippen molar-refractivity contribution >= 4 is 11.8 Å². The van der Waals surface area contributed by atoms with Gasteiger partial charge in [-0.1, -0.05) is 27.7 Å². The maximum absolute atomic E-state index is 17.1. The van der Waals surface area contributed by atoms with E-state index < -0.39 is 95.6 Å². The molecule has 0 saturated carbocycles. The van der Waals surface area contributed by atoms with Crippen LogP contribution in [-0.4, -0.2) is 146 Å². The predicted octanol–water partition coefficient (Wildman–Crippen LogP) is 4.42. The minimum atomic E-state index is -2.59. The maximum atomic E-state index is 17.1. The molecule has 0 aromatic carbocycles. The molecule has 3 heterocycles. The number of rotatable bonds is 9. The summed E-state index contributed by atoms with van der Waals surface area (Å²) in [5.74, 6) is -3.84. The van der Waals surface area contributed by atoms with E-state index in [1.807, 2.05) is 46.7 Å². The Hall–Kier alpha value is -0.356. The third kappa shape index (κ3) is 10.9. The molecular weight excluding hydrogens is 794 g/mol. The first kappa shape index (κ1) is 50.8. The fourth-order valence-corrected chi connectivity index (χ4v) is 8.88. The molecule has 0 amide bonds. The van der Waals surface area contributed by atoms with Crippen molar-refractivity contribution in [3.8, 4) is 0 Å². The van der Waals surface area contributed by atoms with Crippen LogP contribution in [0.1, 0.15) is 102 Å². The van der Waals surface area contributed by atoms with Crippen LogP contribution in [0, 0.1) is 23.7 Å². The van der Waals surface area contributed by atoms with Crippen LogP contribution in [0.25, 0.3) is 0 Å². The second kappa shape index (κ2) is 19.8. The first-order valence-corrected chi connectivity index (χ1v) is 19.4. The number of halogens is 1. The molecule has 0 aromatic rings. The van der Waals surface area contributed by atoms with Crippen molar-refractivity contribution in [2.24, 2.45) is 17.8 Å². The molecule has 55 heavy (non-hydrogen) atoms. The van der Waals surface area contributed by atoms with E-state index in [0.29, 0.717) is 12.8 Å². The number of cyclic esters (lactones) is 1. The summed E-state index contributed by atoms with van der Waals surface area (Å²) in [5, 5.41) is 23.1. The Morgan fingerprint density at radius 2 is 1.55 bits per heavy atom. The molecule has 13 nitrogen and oxygen atoms in total. The molecule has 3 saturated heterocycles. The summed E-state index contributed by atoms with van der Waals surface area (Å²) < 4.78 is 67.7. The van der Waals surface area contributed by atoms with Gasteiger partial charge in [0.05, 0.1) is 35.6 Å². The fourth-order valence-electron chi connectivity index (χ4n) is 8.88. The van der Waals surface area contributed by atoms with Gasteiger partial charge in [-0.2, -0.15) is 6.92 Å². The van der Waals surface area contributed by atoms with E-state index in [9.17, 15) is 19.8 Å². The second-order valence-electron chi connectivity index (χ2n) is 17.2. The smallest absolute Gasteiger partial charge is 0.185 e. The van der Waals surface area contributed by atoms with E-state index in [1.54, 1.807) is 41.9 Å². The number of aliphatic hydroxyl groups is 2. The number of methoxy groups -OCH3 is 3. The number of carbonyl (C=O) groups excluding carboxylic acids is 2. The summed E-state index contributed by atoms with van der Waals surface area (Å²) in [6.45, 7) is 18.3. The number of hydrogen-bond acceptors (Lipinski definition) is 13. The number of esters is 1. The van der Waals surface area contributed by atoms with Gasteiger partial charge in [-0.15, -0.1) is 0 Å². The summed E-state index contributed by atoms with van der Waals surface area (Å²) in [4.78, 5) is 30.3. The van der Waals surface area contributed by atoms with E-state index in [-0.39, 0.29) is 69.2 Å². The Morgan fingerprint density at radius 1 is 0.964 bits per heavy atom. The standard InChI is InChI=1S/C40H71FNO12.Y/c1-17-28-40(11,46)33(44)24(5)32(43)37(8,41)20-39(10,49-16)34(54-36-31(47-14)27(42(12)13)18-21(2)50-36)22(3)30(23(4)35(45)52-28)53-29-19-38(9,48-15)25(6)26(7)51-29;/h21-22,24-31,33-34,36,44,46H,17-20H2,1-16H3;/q-1;/t21-,22+,24+,25+,26+,27+,28-,29?,30?,31-,33-,34-,36+,37?,38-,39-,40-;/m1./s1. The van der Waals surface area contributed by atoms with E-state index in [0.717, 1.165) is 6.92 Å². The number of ether oxygens (including phenoxy) is 8. The van der Waals surface area contributed by atoms with Gasteiger partial charge in [0.15, 0.2) is 30.0 Å². The van der Waals surface area contributed by atoms with Crippen LogP contribution >= 0.6 is 0 Å². The Labute approximate surface area is 354 Å². The van der Waals surface area contributed by atoms with E-state index in [2.05, 4.69) is 0 Å². The minimum absolute atomic E-state index is 0. The SMILES string of the molecule is CC[C@H]1OC(=O)[C-](C)C(OC2C[C@@](C)(OC)[C@@H](C)[C@H](C)O2)[C@H](C)[C@@H](O[C@@H]2O[C@H](C)C[C@H](N(C)C)[C@H]2OC)[C@](C)(OC)CC(C)(F)C(=O)[C@H](C)[C@@H](O)[C@]1(C)O.[Y]. The van der Waals surface area contributed by atoms with Crippen molar-refractivity contribution in [2.75, 3.05) is 35.4 Å². The Bertz CT molecular complexity index is 1260. The van der Waals surface area contributed by atoms with Crippen molar-refractivity contribution in [3.63, 3.8) is 0 Å². The molecule has 3 unspecified atom stereocenters. The summed E-state index contributed by atoms with van der Waals surface area (Å²) >= 11 is 0. The molecule has 3 rings (SSSR count). The van der Waals surface area contributed by atoms with E-state index >= 15 is 4.39 Å². The first-order chi connectivity index (χ1) is 24.8. The van der Waals surface area contributed by atoms with E-state index in [4.69, 9.17) is 37.9 Å². The van der Waals surface area contributed by atoms with Gasteiger partial charge in [0.25, 0.3) is 0 Å². The number of hydrogen-bond donors (Lipinski definition) is 2. The van der Waals surface area contributed by atoms with Gasteiger partial charge in [-0.05, 0) is 80.5 Å². The molecule has 319 valence electrons. The fraction of sp³-hybridized carbons (Fsp3) is 0.925. The van der Waals surface area contributed by atoms with Crippen LogP contribution < -0.4 is 0 Å². The Morgan fingerprint density at radius 3 is 2.05 bits per heavy atom. The van der Waals surface area contributed by atoms with Gasteiger partial charge in [0.2, 0.25) is 0 Å². The first-order valence-electron chi connectivity index (χ1n) is 19.4. The zero-order valence-corrected chi connectivity index (χ0v) is 39.1. The molecule has 3 fully saturated rings. The second-order valence-corrected chi connectivity index (χ2v) is 17.2. The van der Waals surface area contributed by atoms with Gasteiger partial charge in [0, 0.05) is 84.8 Å². The van der Waals surface area contributed by atoms with Crippen LogP contribution in [0.3, 0.4) is 0 Å². The van der Waals surface area contributed by atoms with Gasteiger partial charge in [-0.25, -0.2) is 10.3 Å². The van der Waals surface area contributed by atoms with Gasteiger partial charge in [0.1, 0.15) is 17.8 Å². The topological polar surface area (TPSA) is 152 Å². The van der Waals surface area contributed by atoms with Crippen molar-refractivity contribution in [2.45, 2.75) is 186 Å². The average molecular weight is 866 g/mol. The number of carbonyl (C=O) groups is 2. The molecule has 0 aliphatic carbocycles. The summed E-state index contributed by atoms with van der Waals surface area (Å²) in [6, 6.07) is -0.110. The molecule has 3 aliphatic rings. The molecule has 0 bridgehead atoms. The molecule has 17 atom stereocenters. The number of ketones is 1. The van der Waals surface area contributed by atoms with E-state index in [1.165, 1.54) is 21.0 Å². The quantitative estimate of drug-likeness (QED) is 0.249. The Kier molecular flexibility index (Phi) is 18.3. The molecule has 3 aliphatic heterocycles. The average Bonchev–Trinajstić information content (AvgIpc) is 3.11. The number of likely N-dealkylation sites (N-methyl/N-ethyl adjacent to an activating group) is 1. The summed E-state index contributed by atoms with van der Waals surface area (Å²) in [7, 11) is 8.50. The molecule has 2 N–H and O–H groups in total. The number of nitrogens with zero attached hydrogens (tertiary/aromatic N) is 1. The number of Topliss-reactive ketones (excluding diaryl/α,β-unsaturated/α-hetero) is 1. The van der Waals surface area contributed by atoms with Crippen LogP contribution in [0.4, 0.5) is 4.39 Å². The monoisotopic (exact) mass is 865 g/mol. The van der Waals surface area contributed by atoms with Crippen molar-refractivity contribution in [3.05, 3.63) is 5.92 Å². The maximum Gasteiger partial charge on any atom is 0.185 e. The summed E-state index contributed by atoms with van der Waals surface area (Å²) in [5.41, 5.74) is -6.93. The van der Waals surface area contributed by atoms with Gasteiger partial charge in [-0.3, -0.25) is 9.59 Å². The predicted molar refractivity (Wildman–Crippen MR) is 199 cm³/mol. The molecule has 1 radical (unpaired) electrons. The largest absolute Gasteiger partial charge is 0.482 e. The molecular formula is C40H71FNO12Y-. The van der Waals surface area contributed by atoms with Gasteiger partial charge >= 0.3 is 0 Å². The number of alkyl halides is 1. The van der Waals surface area contributed by atoms with Crippen LogP contribution in [-0.2, 0) is 80.2 Å². The van der Waals surface area contributed by atoms with Crippen molar-refractivity contribution in [1.82, 2.24) is 4.90 Å². The third-order valence-electron chi connectivity index (χ3n) is 12.9. The van der Waals surface area contributed by atoms with Gasteiger partial charge < -0.3 is 53.0 Å². The van der Waals surface area contributed by atoms with Crippen molar-refractivity contribution < 1.29 is 94.8 Å². The normalized spacial score (nSPS) is 46.8. The number of aliphatic hydroxyl groups excluding tert-OH is 1. The molecule has 0 aromatic heterocycles. The zero-order chi connectivity index (χ0) is 41.3. The Balaban J connectivity index is 0.0000105. The minimum Gasteiger partial charge on any atom is -0.482 e. The van der Waals surface area contributed by atoms with Crippen LogP contribution in [0.15, 0.2) is 0 Å².